The van der Waals surface area contributed by atoms with Gasteiger partial charge >= 0.3 is 0 Å². The molecule has 1 N–H and O–H groups in total. The number of hydrogen-bond acceptors (Lipinski definition) is 4. The number of aromatic nitrogens is 3. The molecule has 86 valence electrons. The zero-order valence-corrected chi connectivity index (χ0v) is 9.82. The summed E-state index contributed by atoms with van der Waals surface area (Å²) in [6, 6.07) is 0. The molecule has 0 aliphatic heterocycles. The summed E-state index contributed by atoms with van der Waals surface area (Å²) in [6.45, 7) is 9.04. The highest BCUT2D eigenvalue weighted by Gasteiger charge is 2.14. The van der Waals surface area contributed by atoms with Crippen molar-refractivity contribution >= 4 is 0 Å². The van der Waals surface area contributed by atoms with E-state index in [0.29, 0.717) is 12.4 Å². The van der Waals surface area contributed by atoms with Crippen LogP contribution < -0.4 is 0 Å². The fraction of sp³-hybridized carbons (Fsp3) is 0.800. The molecule has 1 aromatic rings. The van der Waals surface area contributed by atoms with Crippen molar-refractivity contribution in [3.8, 4) is 0 Å². The standard InChI is InChI=1S/C10H19N3O2/c1-5-13-8(6-14)11-12-9(13)7-15-10(2,3)4/h14H,5-7H2,1-4H3. The SMILES string of the molecule is CCn1c(CO)nnc1COC(C)(C)C. The number of ether oxygens (including phenoxy) is 1. The summed E-state index contributed by atoms with van der Waals surface area (Å²) >= 11 is 0. The zero-order valence-electron chi connectivity index (χ0n) is 9.82. The molecule has 0 atom stereocenters. The Hall–Kier alpha value is -0.940. The maximum Gasteiger partial charge on any atom is 0.159 e. The molecule has 0 saturated carbocycles. The molecule has 0 saturated heterocycles. The van der Waals surface area contributed by atoms with Crippen LogP contribution in [0.1, 0.15) is 39.3 Å². The van der Waals surface area contributed by atoms with E-state index in [1.165, 1.54) is 0 Å². The average molecular weight is 213 g/mol. The second-order valence-corrected chi connectivity index (χ2v) is 4.34. The molecular weight excluding hydrogens is 194 g/mol. The minimum absolute atomic E-state index is 0.0869. The molecule has 0 aromatic carbocycles. The van der Waals surface area contributed by atoms with E-state index >= 15 is 0 Å². The molecule has 0 radical (unpaired) electrons. The van der Waals surface area contributed by atoms with Gasteiger partial charge in [-0.3, -0.25) is 0 Å². The molecule has 0 spiro atoms. The monoisotopic (exact) mass is 213 g/mol. The van der Waals surface area contributed by atoms with E-state index in [1.54, 1.807) is 0 Å². The Morgan fingerprint density at radius 2 is 1.87 bits per heavy atom. The molecular formula is C10H19N3O2. The quantitative estimate of drug-likeness (QED) is 0.813. The molecule has 0 unspecified atom stereocenters. The Morgan fingerprint density at radius 1 is 1.27 bits per heavy atom. The second-order valence-electron chi connectivity index (χ2n) is 4.34. The van der Waals surface area contributed by atoms with Gasteiger partial charge in [0.2, 0.25) is 0 Å². The summed E-state index contributed by atoms with van der Waals surface area (Å²) < 4.78 is 7.48. The van der Waals surface area contributed by atoms with Gasteiger partial charge in [0.1, 0.15) is 13.2 Å². The topological polar surface area (TPSA) is 60.2 Å². The van der Waals surface area contributed by atoms with Crippen molar-refractivity contribution in [1.29, 1.82) is 0 Å². The number of nitrogens with zero attached hydrogens (tertiary/aromatic N) is 3. The van der Waals surface area contributed by atoms with Crippen LogP contribution in [0.4, 0.5) is 0 Å². The molecule has 5 heteroatoms. The molecule has 1 heterocycles. The first kappa shape index (κ1) is 12.1. The van der Waals surface area contributed by atoms with Crippen molar-refractivity contribution in [1.82, 2.24) is 14.8 Å². The molecule has 15 heavy (non-hydrogen) atoms. The summed E-state index contributed by atoms with van der Waals surface area (Å²) in [6.07, 6.45) is 0. The van der Waals surface area contributed by atoms with Crippen LogP contribution in [0.5, 0.6) is 0 Å². The van der Waals surface area contributed by atoms with E-state index in [-0.39, 0.29) is 12.2 Å². The van der Waals surface area contributed by atoms with Crippen LogP contribution in [0.25, 0.3) is 0 Å². The van der Waals surface area contributed by atoms with Crippen LogP contribution in [0.2, 0.25) is 0 Å². The van der Waals surface area contributed by atoms with Crippen molar-refractivity contribution in [2.45, 2.75) is 53.1 Å². The normalized spacial score (nSPS) is 12.1. The first-order valence-electron chi connectivity index (χ1n) is 5.13. The van der Waals surface area contributed by atoms with Crippen LogP contribution in [0.3, 0.4) is 0 Å². The van der Waals surface area contributed by atoms with Crippen molar-refractivity contribution in [3.63, 3.8) is 0 Å². The van der Waals surface area contributed by atoms with Gasteiger partial charge in [0, 0.05) is 6.54 Å². The Balaban J connectivity index is 2.73. The third-order valence-electron chi connectivity index (χ3n) is 2.00. The van der Waals surface area contributed by atoms with E-state index in [0.717, 1.165) is 12.4 Å². The van der Waals surface area contributed by atoms with Gasteiger partial charge in [-0.05, 0) is 27.7 Å². The lowest BCUT2D eigenvalue weighted by Gasteiger charge is -2.19. The lowest BCUT2D eigenvalue weighted by Crippen LogP contribution is -2.20. The summed E-state index contributed by atoms with van der Waals surface area (Å²) in [5, 5.41) is 16.9. The molecule has 0 amide bonds. The molecule has 0 bridgehead atoms. The number of rotatable bonds is 4. The summed E-state index contributed by atoms with van der Waals surface area (Å²) in [5.41, 5.74) is -0.191. The van der Waals surface area contributed by atoms with E-state index in [9.17, 15) is 0 Å². The molecule has 1 aromatic heterocycles. The van der Waals surface area contributed by atoms with Crippen LogP contribution in [-0.4, -0.2) is 25.5 Å². The highest BCUT2D eigenvalue weighted by molar-refractivity contribution is 4.93. The first-order valence-corrected chi connectivity index (χ1v) is 5.13. The molecule has 0 fully saturated rings. The smallest absolute Gasteiger partial charge is 0.159 e. The Bertz CT molecular complexity index is 315. The fourth-order valence-corrected chi connectivity index (χ4v) is 1.24. The van der Waals surface area contributed by atoms with Crippen molar-refractivity contribution < 1.29 is 9.84 Å². The average Bonchev–Trinajstić information content (AvgIpc) is 2.55. The summed E-state index contributed by atoms with van der Waals surface area (Å²) in [7, 11) is 0. The molecule has 5 nitrogen and oxygen atoms in total. The Labute approximate surface area is 90.1 Å². The van der Waals surface area contributed by atoms with Crippen molar-refractivity contribution in [2.24, 2.45) is 0 Å². The van der Waals surface area contributed by atoms with E-state index < -0.39 is 0 Å². The predicted octanol–water partition coefficient (Wildman–Crippen LogP) is 1.11. The maximum absolute atomic E-state index is 9.03. The van der Waals surface area contributed by atoms with Gasteiger partial charge in [0.05, 0.1) is 5.60 Å². The molecule has 0 aliphatic carbocycles. The number of aliphatic hydroxyl groups is 1. The van der Waals surface area contributed by atoms with Gasteiger partial charge in [-0.2, -0.15) is 0 Å². The van der Waals surface area contributed by atoms with Crippen LogP contribution in [0.15, 0.2) is 0 Å². The lowest BCUT2D eigenvalue weighted by atomic mass is 10.2. The Kier molecular flexibility index (Phi) is 3.82. The zero-order chi connectivity index (χ0) is 11.5. The largest absolute Gasteiger partial charge is 0.388 e. The van der Waals surface area contributed by atoms with E-state index in [2.05, 4.69) is 10.2 Å². The van der Waals surface area contributed by atoms with Gasteiger partial charge in [0.15, 0.2) is 11.6 Å². The third kappa shape index (κ3) is 3.28. The first-order chi connectivity index (χ1) is 6.98. The van der Waals surface area contributed by atoms with E-state index in [1.807, 2.05) is 32.3 Å². The fourth-order valence-electron chi connectivity index (χ4n) is 1.24. The minimum Gasteiger partial charge on any atom is -0.388 e. The highest BCUT2D eigenvalue weighted by Crippen LogP contribution is 2.11. The van der Waals surface area contributed by atoms with Gasteiger partial charge in [-0.1, -0.05) is 0 Å². The molecule has 0 aliphatic rings. The van der Waals surface area contributed by atoms with Crippen molar-refractivity contribution in [3.05, 3.63) is 11.6 Å². The third-order valence-corrected chi connectivity index (χ3v) is 2.00. The molecule has 1 rings (SSSR count). The predicted molar refractivity (Wildman–Crippen MR) is 56.2 cm³/mol. The summed E-state index contributed by atoms with van der Waals surface area (Å²) in [4.78, 5) is 0. The van der Waals surface area contributed by atoms with Gasteiger partial charge in [-0.15, -0.1) is 10.2 Å². The van der Waals surface area contributed by atoms with Crippen LogP contribution in [0, 0.1) is 0 Å². The highest BCUT2D eigenvalue weighted by atomic mass is 16.5. The van der Waals surface area contributed by atoms with Crippen molar-refractivity contribution in [2.75, 3.05) is 0 Å². The number of hydrogen-bond donors (Lipinski definition) is 1. The van der Waals surface area contributed by atoms with Gasteiger partial charge < -0.3 is 14.4 Å². The van der Waals surface area contributed by atoms with E-state index in [4.69, 9.17) is 9.84 Å². The lowest BCUT2D eigenvalue weighted by molar-refractivity contribution is -0.0194. The Morgan fingerprint density at radius 3 is 2.33 bits per heavy atom. The van der Waals surface area contributed by atoms with Gasteiger partial charge in [0.25, 0.3) is 0 Å². The maximum atomic E-state index is 9.03. The van der Waals surface area contributed by atoms with Gasteiger partial charge in [-0.25, -0.2) is 0 Å². The summed E-state index contributed by atoms with van der Waals surface area (Å²) in [5.74, 6) is 1.35. The van der Waals surface area contributed by atoms with Crippen LogP contribution in [-0.2, 0) is 24.5 Å². The second kappa shape index (κ2) is 4.72. The number of aliphatic hydroxyl groups excluding tert-OH is 1. The minimum atomic E-state index is -0.191. The van der Waals surface area contributed by atoms with Crippen LogP contribution >= 0.6 is 0 Å².